The number of amides is 2. The third kappa shape index (κ3) is 2.29. The molecule has 1 saturated carbocycles. The van der Waals surface area contributed by atoms with Crippen molar-refractivity contribution in [1.29, 1.82) is 0 Å². The van der Waals surface area contributed by atoms with Crippen molar-refractivity contribution in [3.63, 3.8) is 0 Å². The molecule has 0 aliphatic heterocycles. The molecule has 1 aliphatic rings. The van der Waals surface area contributed by atoms with Crippen LogP contribution in [0.1, 0.15) is 19.3 Å². The summed E-state index contributed by atoms with van der Waals surface area (Å²) in [6, 6.07) is 3.02. The predicted octanol–water partition coefficient (Wildman–Crippen LogP) is 2.64. The maximum Gasteiger partial charge on any atom is 0.319 e. The molecule has 0 atom stereocenters. The van der Waals surface area contributed by atoms with Gasteiger partial charge in [0.05, 0.1) is 0 Å². The van der Waals surface area contributed by atoms with Crippen LogP contribution in [0.3, 0.4) is 0 Å². The topological polar surface area (TPSA) is 41.1 Å². The van der Waals surface area contributed by atoms with Crippen LogP contribution >= 0.6 is 0 Å². The van der Waals surface area contributed by atoms with E-state index in [0.717, 1.165) is 31.4 Å². The molecule has 86 valence electrons. The Morgan fingerprint density at radius 3 is 2.38 bits per heavy atom. The van der Waals surface area contributed by atoms with Crippen molar-refractivity contribution in [1.82, 2.24) is 5.32 Å². The molecular formula is C11H12F2N2O. The van der Waals surface area contributed by atoms with Gasteiger partial charge < -0.3 is 10.6 Å². The van der Waals surface area contributed by atoms with Gasteiger partial charge in [0.2, 0.25) is 0 Å². The fourth-order valence-corrected chi connectivity index (χ4v) is 1.50. The van der Waals surface area contributed by atoms with Gasteiger partial charge in [0, 0.05) is 6.04 Å². The first-order valence-corrected chi connectivity index (χ1v) is 5.18. The molecule has 0 aromatic heterocycles. The second kappa shape index (κ2) is 4.47. The molecule has 1 fully saturated rings. The van der Waals surface area contributed by atoms with Crippen LogP contribution < -0.4 is 10.6 Å². The maximum atomic E-state index is 13.2. The van der Waals surface area contributed by atoms with Crippen molar-refractivity contribution in [3.05, 3.63) is 29.8 Å². The molecule has 0 heterocycles. The monoisotopic (exact) mass is 226 g/mol. The van der Waals surface area contributed by atoms with Crippen LogP contribution in [-0.2, 0) is 0 Å². The summed E-state index contributed by atoms with van der Waals surface area (Å²) in [6.07, 6.45) is 2.93. The highest BCUT2D eigenvalue weighted by atomic mass is 19.1. The molecule has 0 saturated heterocycles. The molecule has 5 heteroatoms. The summed E-state index contributed by atoms with van der Waals surface area (Å²) >= 11 is 0. The van der Waals surface area contributed by atoms with E-state index in [1.54, 1.807) is 0 Å². The fourth-order valence-electron chi connectivity index (χ4n) is 1.50. The molecule has 0 radical (unpaired) electrons. The lowest BCUT2D eigenvalue weighted by Gasteiger charge is -2.26. The van der Waals surface area contributed by atoms with Gasteiger partial charge in [0.1, 0.15) is 17.3 Å². The Morgan fingerprint density at radius 2 is 1.88 bits per heavy atom. The molecule has 0 spiro atoms. The van der Waals surface area contributed by atoms with Crippen LogP contribution in [0.4, 0.5) is 19.3 Å². The molecule has 2 N–H and O–H groups in total. The quantitative estimate of drug-likeness (QED) is 0.799. The zero-order chi connectivity index (χ0) is 11.5. The number of urea groups is 1. The molecule has 3 nitrogen and oxygen atoms in total. The Bertz CT molecular complexity index is 385. The normalized spacial score (nSPS) is 15.4. The second-order valence-corrected chi connectivity index (χ2v) is 3.82. The van der Waals surface area contributed by atoms with Gasteiger partial charge in [-0.15, -0.1) is 0 Å². The van der Waals surface area contributed by atoms with E-state index in [0.29, 0.717) is 0 Å². The maximum absolute atomic E-state index is 13.2. The van der Waals surface area contributed by atoms with Gasteiger partial charge in [-0.2, -0.15) is 0 Å². The largest absolute Gasteiger partial charge is 0.335 e. The molecular weight excluding hydrogens is 214 g/mol. The third-order valence-electron chi connectivity index (χ3n) is 2.64. The van der Waals surface area contributed by atoms with E-state index >= 15 is 0 Å². The van der Waals surface area contributed by atoms with Crippen molar-refractivity contribution in [3.8, 4) is 0 Å². The Morgan fingerprint density at radius 1 is 1.25 bits per heavy atom. The van der Waals surface area contributed by atoms with Crippen LogP contribution in [-0.4, -0.2) is 12.1 Å². The van der Waals surface area contributed by atoms with Crippen molar-refractivity contribution in [2.45, 2.75) is 25.3 Å². The number of rotatable bonds is 2. The SMILES string of the molecule is O=C(Nc1c(F)cccc1F)NC1CCC1. The van der Waals surface area contributed by atoms with Crippen LogP contribution in [0.15, 0.2) is 18.2 Å². The number of halogens is 2. The van der Waals surface area contributed by atoms with Crippen molar-refractivity contribution in [2.75, 3.05) is 5.32 Å². The first-order chi connectivity index (χ1) is 7.66. The average Bonchev–Trinajstić information content (AvgIpc) is 2.18. The van der Waals surface area contributed by atoms with Gasteiger partial charge in [-0.25, -0.2) is 13.6 Å². The zero-order valence-electron chi connectivity index (χ0n) is 8.59. The molecule has 2 amide bonds. The molecule has 1 aliphatic carbocycles. The van der Waals surface area contributed by atoms with E-state index < -0.39 is 23.4 Å². The second-order valence-electron chi connectivity index (χ2n) is 3.82. The number of anilines is 1. The summed E-state index contributed by atoms with van der Waals surface area (Å²) < 4.78 is 26.3. The number of benzene rings is 1. The van der Waals surface area contributed by atoms with Crippen LogP contribution in [0.25, 0.3) is 0 Å². The number of hydrogen-bond donors (Lipinski definition) is 2. The number of nitrogens with one attached hydrogen (secondary N) is 2. The lowest BCUT2D eigenvalue weighted by atomic mass is 9.93. The molecule has 2 rings (SSSR count). The Kier molecular flexibility index (Phi) is 3.03. The fraction of sp³-hybridized carbons (Fsp3) is 0.364. The summed E-state index contributed by atoms with van der Waals surface area (Å²) in [5.41, 5.74) is -0.403. The first kappa shape index (κ1) is 10.9. The standard InChI is InChI=1S/C11H12F2N2O/c12-8-5-2-6-9(13)10(8)15-11(16)14-7-3-1-4-7/h2,5-7H,1,3-4H2,(H2,14,15,16). The summed E-state index contributed by atoms with van der Waals surface area (Å²) in [4.78, 5) is 11.4. The molecule has 16 heavy (non-hydrogen) atoms. The number of para-hydroxylation sites is 1. The Balaban J connectivity index is 1.99. The minimum Gasteiger partial charge on any atom is -0.335 e. The van der Waals surface area contributed by atoms with Crippen molar-refractivity contribution >= 4 is 11.7 Å². The minimum absolute atomic E-state index is 0.134. The van der Waals surface area contributed by atoms with Gasteiger partial charge in [-0.3, -0.25) is 0 Å². The minimum atomic E-state index is -0.774. The highest BCUT2D eigenvalue weighted by Gasteiger charge is 2.20. The zero-order valence-corrected chi connectivity index (χ0v) is 8.59. The van der Waals surface area contributed by atoms with E-state index in [1.165, 1.54) is 6.07 Å². The Labute approximate surface area is 91.8 Å². The molecule has 0 bridgehead atoms. The summed E-state index contributed by atoms with van der Waals surface area (Å²) in [5, 5.41) is 4.81. The third-order valence-corrected chi connectivity index (χ3v) is 2.64. The van der Waals surface area contributed by atoms with E-state index in [2.05, 4.69) is 10.6 Å². The number of carbonyl (C=O) groups excluding carboxylic acids is 1. The summed E-state index contributed by atoms with van der Waals surface area (Å²) in [7, 11) is 0. The van der Waals surface area contributed by atoms with Crippen molar-refractivity contribution < 1.29 is 13.6 Å². The van der Waals surface area contributed by atoms with Crippen LogP contribution in [0.2, 0.25) is 0 Å². The van der Waals surface area contributed by atoms with E-state index in [1.807, 2.05) is 0 Å². The highest BCUT2D eigenvalue weighted by Crippen LogP contribution is 2.20. The van der Waals surface area contributed by atoms with Gasteiger partial charge in [-0.1, -0.05) is 6.07 Å². The van der Waals surface area contributed by atoms with E-state index in [4.69, 9.17) is 0 Å². The smallest absolute Gasteiger partial charge is 0.319 e. The predicted molar refractivity (Wildman–Crippen MR) is 56.2 cm³/mol. The van der Waals surface area contributed by atoms with Crippen LogP contribution in [0, 0.1) is 11.6 Å². The number of carbonyl (C=O) groups is 1. The average molecular weight is 226 g/mol. The van der Waals surface area contributed by atoms with Gasteiger partial charge >= 0.3 is 6.03 Å². The Hall–Kier alpha value is -1.65. The van der Waals surface area contributed by atoms with Crippen LogP contribution in [0.5, 0.6) is 0 Å². The summed E-state index contributed by atoms with van der Waals surface area (Å²) in [5.74, 6) is -1.55. The van der Waals surface area contributed by atoms with E-state index in [9.17, 15) is 13.6 Å². The van der Waals surface area contributed by atoms with Gasteiger partial charge in [0.15, 0.2) is 0 Å². The number of hydrogen-bond acceptors (Lipinski definition) is 1. The van der Waals surface area contributed by atoms with Gasteiger partial charge in [0.25, 0.3) is 0 Å². The molecule has 1 aromatic rings. The first-order valence-electron chi connectivity index (χ1n) is 5.18. The van der Waals surface area contributed by atoms with E-state index in [-0.39, 0.29) is 6.04 Å². The highest BCUT2D eigenvalue weighted by molar-refractivity contribution is 5.89. The molecule has 1 aromatic carbocycles. The summed E-state index contributed by atoms with van der Waals surface area (Å²) in [6.45, 7) is 0. The van der Waals surface area contributed by atoms with Gasteiger partial charge in [-0.05, 0) is 31.4 Å². The lowest BCUT2D eigenvalue weighted by molar-refractivity contribution is 0.239. The van der Waals surface area contributed by atoms with Crippen molar-refractivity contribution in [2.24, 2.45) is 0 Å². The lowest BCUT2D eigenvalue weighted by Crippen LogP contribution is -2.42. The molecule has 0 unspecified atom stereocenters.